The monoisotopic (exact) mass is 150 g/mol. The van der Waals surface area contributed by atoms with E-state index in [0.717, 1.165) is 0 Å². The fourth-order valence-corrected chi connectivity index (χ4v) is 0.795. The highest BCUT2D eigenvalue weighted by molar-refractivity contribution is 6.28. The SMILES string of the molecule is FC1CNCN=CC1Cl. The Hall–Kier alpha value is -0.150. The predicted octanol–water partition coefficient (Wildman–Crippen LogP) is 0.563. The Kier molecular flexibility index (Phi) is 2.42. The molecule has 2 nitrogen and oxygen atoms in total. The lowest BCUT2D eigenvalue weighted by molar-refractivity contribution is 0.340. The molecular weight excluding hydrogens is 143 g/mol. The zero-order valence-corrected chi connectivity index (χ0v) is 5.61. The lowest BCUT2D eigenvalue weighted by Gasteiger charge is -2.05. The molecule has 0 aromatic rings. The van der Waals surface area contributed by atoms with Crippen LogP contribution in [-0.2, 0) is 0 Å². The second kappa shape index (κ2) is 3.13. The number of hydrogen-bond donors (Lipinski definition) is 1. The second-order valence-corrected chi connectivity index (χ2v) is 2.41. The predicted molar refractivity (Wildman–Crippen MR) is 35.9 cm³/mol. The molecule has 2 unspecified atom stereocenters. The van der Waals surface area contributed by atoms with Crippen molar-refractivity contribution >= 4 is 17.8 Å². The van der Waals surface area contributed by atoms with Crippen LogP contribution in [0.15, 0.2) is 4.99 Å². The first kappa shape index (κ1) is 6.96. The number of alkyl halides is 2. The summed E-state index contributed by atoms with van der Waals surface area (Å²) in [6.07, 6.45) is 0.435. The van der Waals surface area contributed by atoms with Crippen molar-refractivity contribution in [2.24, 2.45) is 4.99 Å². The van der Waals surface area contributed by atoms with E-state index in [1.54, 1.807) is 0 Å². The van der Waals surface area contributed by atoms with Crippen molar-refractivity contribution in [1.29, 1.82) is 0 Å². The van der Waals surface area contributed by atoms with E-state index < -0.39 is 11.5 Å². The average molecular weight is 151 g/mol. The van der Waals surface area contributed by atoms with Gasteiger partial charge in [-0.2, -0.15) is 0 Å². The molecule has 0 bridgehead atoms. The van der Waals surface area contributed by atoms with E-state index in [4.69, 9.17) is 11.6 Å². The van der Waals surface area contributed by atoms with Crippen LogP contribution in [0.3, 0.4) is 0 Å². The molecule has 1 aliphatic rings. The average Bonchev–Trinajstić information content (AvgIpc) is 1.99. The molecule has 0 radical (unpaired) electrons. The summed E-state index contributed by atoms with van der Waals surface area (Å²) in [7, 11) is 0. The van der Waals surface area contributed by atoms with Crippen molar-refractivity contribution in [3.8, 4) is 0 Å². The summed E-state index contributed by atoms with van der Waals surface area (Å²) in [5, 5.41) is 2.21. The Morgan fingerprint density at radius 2 is 2.56 bits per heavy atom. The molecule has 0 saturated carbocycles. The van der Waals surface area contributed by atoms with Crippen LogP contribution in [0.1, 0.15) is 0 Å². The summed E-state index contributed by atoms with van der Waals surface area (Å²) in [5.74, 6) is 0. The summed E-state index contributed by atoms with van der Waals surface area (Å²) in [6, 6.07) is 0. The quantitative estimate of drug-likeness (QED) is 0.502. The van der Waals surface area contributed by atoms with Gasteiger partial charge in [0.15, 0.2) is 0 Å². The lowest BCUT2D eigenvalue weighted by atomic mass is 10.3. The van der Waals surface area contributed by atoms with E-state index in [2.05, 4.69) is 10.3 Å². The minimum atomic E-state index is -1.00. The fourth-order valence-electron chi connectivity index (χ4n) is 0.626. The summed E-state index contributed by atoms with van der Waals surface area (Å²) in [4.78, 5) is 3.79. The van der Waals surface area contributed by atoms with Gasteiger partial charge in [0.25, 0.3) is 0 Å². The van der Waals surface area contributed by atoms with E-state index in [0.29, 0.717) is 13.2 Å². The number of nitrogens with zero attached hydrogens (tertiary/aromatic N) is 1. The third-order valence-electron chi connectivity index (χ3n) is 1.14. The first-order valence-electron chi connectivity index (χ1n) is 2.79. The topological polar surface area (TPSA) is 24.4 Å². The summed E-state index contributed by atoms with van der Waals surface area (Å²) < 4.78 is 12.6. The van der Waals surface area contributed by atoms with Crippen molar-refractivity contribution in [3.05, 3.63) is 0 Å². The van der Waals surface area contributed by atoms with Crippen LogP contribution >= 0.6 is 11.6 Å². The van der Waals surface area contributed by atoms with Crippen LogP contribution < -0.4 is 5.32 Å². The van der Waals surface area contributed by atoms with Crippen LogP contribution in [0.25, 0.3) is 0 Å². The molecule has 1 heterocycles. The Bertz CT molecular complexity index is 118. The molecule has 0 aliphatic carbocycles. The van der Waals surface area contributed by atoms with Crippen LogP contribution in [0.5, 0.6) is 0 Å². The third-order valence-corrected chi connectivity index (χ3v) is 1.52. The molecule has 52 valence electrons. The van der Waals surface area contributed by atoms with Crippen LogP contribution in [0.4, 0.5) is 4.39 Å². The highest BCUT2D eigenvalue weighted by Gasteiger charge is 2.17. The van der Waals surface area contributed by atoms with Crippen molar-refractivity contribution < 1.29 is 4.39 Å². The van der Waals surface area contributed by atoms with E-state index in [1.807, 2.05) is 0 Å². The molecular formula is C5H8ClFN2. The molecule has 0 saturated heterocycles. The smallest absolute Gasteiger partial charge is 0.134 e. The minimum absolute atomic E-state index is 0.300. The number of halogens is 2. The van der Waals surface area contributed by atoms with Crippen LogP contribution in [0.2, 0.25) is 0 Å². The Morgan fingerprint density at radius 3 is 3.33 bits per heavy atom. The van der Waals surface area contributed by atoms with Gasteiger partial charge >= 0.3 is 0 Å². The standard InChI is InChI=1S/C5H8ClFN2/c6-4-1-8-3-9-2-5(4)7/h1,4-5,9H,2-3H2. The first-order chi connectivity index (χ1) is 4.30. The molecule has 1 rings (SSSR count). The highest BCUT2D eigenvalue weighted by atomic mass is 35.5. The molecule has 0 amide bonds. The lowest BCUT2D eigenvalue weighted by Crippen LogP contribution is -2.27. The first-order valence-corrected chi connectivity index (χ1v) is 3.23. The molecule has 2 atom stereocenters. The zero-order chi connectivity index (χ0) is 6.69. The van der Waals surface area contributed by atoms with Crippen molar-refractivity contribution in [1.82, 2.24) is 5.32 Å². The van der Waals surface area contributed by atoms with E-state index in [1.165, 1.54) is 6.21 Å². The molecule has 1 N–H and O–H groups in total. The highest BCUT2D eigenvalue weighted by Crippen LogP contribution is 2.05. The third kappa shape index (κ3) is 1.91. The summed E-state index contributed by atoms with van der Waals surface area (Å²) in [5.41, 5.74) is 0. The molecule has 0 fully saturated rings. The number of hydrogen-bond acceptors (Lipinski definition) is 2. The second-order valence-electron chi connectivity index (χ2n) is 1.90. The van der Waals surface area contributed by atoms with Crippen molar-refractivity contribution in [2.75, 3.05) is 13.2 Å². The van der Waals surface area contributed by atoms with Crippen LogP contribution in [0, 0.1) is 0 Å². The van der Waals surface area contributed by atoms with Gasteiger partial charge in [-0.15, -0.1) is 11.6 Å². The number of rotatable bonds is 0. The van der Waals surface area contributed by atoms with Crippen molar-refractivity contribution in [3.63, 3.8) is 0 Å². The van der Waals surface area contributed by atoms with Gasteiger partial charge in [0.05, 0.1) is 6.67 Å². The van der Waals surface area contributed by atoms with Gasteiger partial charge in [0.1, 0.15) is 11.5 Å². The molecule has 0 spiro atoms. The molecule has 0 aromatic carbocycles. The molecule has 0 aromatic heterocycles. The van der Waals surface area contributed by atoms with Gasteiger partial charge in [-0.05, 0) is 0 Å². The van der Waals surface area contributed by atoms with E-state index >= 15 is 0 Å². The van der Waals surface area contributed by atoms with Crippen molar-refractivity contribution in [2.45, 2.75) is 11.5 Å². The van der Waals surface area contributed by atoms with E-state index in [9.17, 15) is 4.39 Å². The maximum atomic E-state index is 12.6. The molecule has 4 heteroatoms. The normalized spacial score (nSPS) is 36.2. The Balaban J connectivity index is 2.46. The maximum Gasteiger partial charge on any atom is 0.134 e. The van der Waals surface area contributed by atoms with Gasteiger partial charge in [-0.3, -0.25) is 10.3 Å². The Morgan fingerprint density at radius 1 is 1.78 bits per heavy atom. The fraction of sp³-hybridized carbons (Fsp3) is 0.800. The Labute approximate surface area is 58.1 Å². The number of aliphatic imine (C=N–C) groups is 1. The van der Waals surface area contributed by atoms with E-state index in [-0.39, 0.29) is 0 Å². The summed E-state index contributed by atoms with van der Waals surface area (Å²) >= 11 is 5.51. The largest absolute Gasteiger partial charge is 0.295 e. The van der Waals surface area contributed by atoms with Gasteiger partial charge in [-0.25, -0.2) is 4.39 Å². The van der Waals surface area contributed by atoms with Gasteiger partial charge < -0.3 is 0 Å². The number of nitrogens with one attached hydrogen (secondary N) is 1. The van der Waals surface area contributed by atoms with Crippen LogP contribution in [-0.4, -0.2) is 31.0 Å². The maximum absolute atomic E-state index is 12.6. The van der Waals surface area contributed by atoms with Gasteiger partial charge in [0.2, 0.25) is 0 Å². The minimum Gasteiger partial charge on any atom is -0.295 e. The summed E-state index contributed by atoms with van der Waals surface area (Å²) in [6.45, 7) is 0.776. The van der Waals surface area contributed by atoms with Gasteiger partial charge in [-0.1, -0.05) is 0 Å². The zero-order valence-electron chi connectivity index (χ0n) is 4.85. The molecule has 1 aliphatic heterocycles. The molecule has 9 heavy (non-hydrogen) atoms. The van der Waals surface area contributed by atoms with Gasteiger partial charge in [0, 0.05) is 12.8 Å².